The van der Waals surface area contributed by atoms with E-state index in [0.717, 1.165) is 4.47 Å². The maximum atomic E-state index is 11.7. The Morgan fingerprint density at radius 3 is 2.92 bits per heavy atom. The van der Waals surface area contributed by atoms with Crippen molar-refractivity contribution in [3.8, 4) is 17.2 Å². The van der Waals surface area contributed by atoms with Crippen molar-refractivity contribution in [1.29, 1.82) is 0 Å². The number of benzene rings is 2. The van der Waals surface area contributed by atoms with Gasteiger partial charge in [-0.1, -0.05) is 33.6 Å². The van der Waals surface area contributed by atoms with Crippen molar-refractivity contribution in [1.82, 2.24) is 5.43 Å². The van der Waals surface area contributed by atoms with E-state index in [1.54, 1.807) is 24.3 Å². The van der Waals surface area contributed by atoms with E-state index in [-0.39, 0.29) is 19.3 Å². The van der Waals surface area contributed by atoms with E-state index in [1.807, 2.05) is 12.1 Å². The number of carbonyl (C=O) groups is 1. The van der Waals surface area contributed by atoms with E-state index in [4.69, 9.17) is 25.8 Å². The second kappa shape index (κ2) is 7.55. The Bertz CT molecular complexity index is 798. The lowest BCUT2D eigenvalue weighted by Crippen LogP contribution is -2.24. The lowest BCUT2D eigenvalue weighted by Gasteiger charge is -2.05. The molecule has 1 amide bonds. The Balaban J connectivity index is 1.53. The Kier molecular flexibility index (Phi) is 5.22. The maximum absolute atomic E-state index is 11.7. The third-order valence-corrected chi connectivity index (χ3v) is 3.87. The van der Waals surface area contributed by atoms with E-state index in [1.165, 1.54) is 6.21 Å². The predicted molar refractivity (Wildman–Crippen MR) is 92.9 cm³/mol. The third kappa shape index (κ3) is 4.18. The minimum atomic E-state index is -0.386. The van der Waals surface area contributed by atoms with Crippen molar-refractivity contribution >= 4 is 39.7 Å². The topological polar surface area (TPSA) is 69.2 Å². The van der Waals surface area contributed by atoms with Gasteiger partial charge in [0, 0.05) is 16.1 Å². The lowest BCUT2D eigenvalue weighted by atomic mass is 10.2. The molecule has 0 radical (unpaired) electrons. The summed E-state index contributed by atoms with van der Waals surface area (Å²) in [5.74, 6) is 1.37. The van der Waals surface area contributed by atoms with Crippen LogP contribution in [-0.2, 0) is 4.79 Å². The molecule has 2 aromatic rings. The Labute approximate surface area is 151 Å². The molecule has 24 heavy (non-hydrogen) atoms. The number of fused-ring (bicyclic) bond motifs is 1. The summed E-state index contributed by atoms with van der Waals surface area (Å²) in [5.41, 5.74) is 2.98. The maximum Gasteiger partial charge on any atom is 0.277 e. The molecule has 6 nitrogen and oxygen atoms in total. The number of amides is 1. The molecule has 124 valence electrons. The Morgan fingerprint density at radius 2 is 2.12 bits per heavy atom. The fourth-order valence-corrected chi connectivity index (χ4v) is 2.52. The summed E-state index contributed by atoms with van der Waals surface area (Å²) < 4.78 is 16.7. The quantitative estimate of drug-likeness (QED) is 0.605. The number of carbonyl (C=O) groups excluding carboxylic acids is 1. The number of hydrazone groups is 1. The average Bonchev–Trinajstić information content (AvgIpc) is 3.00. The first-order valence-corrected chi connectivity index (χ1v) is 8.08. The van der Waals surface area contributed by atoms with Crippen molar-refractivity contribution in [3.63, 3.8) is 0 Å². The van der Waals surface area contributed by atoms with Crippen LogP contribution >= 0.6 is 27.5 Å². The summed E-state index contributed by atoms with van der Waals surface area (Å²) in [7, 11) is 0. The zero-order chi connectivity index (χ0) is 16.9. The molecule has 0 unspecified atom stereocenters. The molecule has 0 saturated carbocycles. The molecule has 1 N–H and O–H groups in total. The van der Waals surface area contributed by atoms with Crippen LogP contribution in [0.4, 0.5) is 0 Å². The van der Waals surface area contributed by atoms with Crippen molar-refractivity contribution in [2.24, 2.45) is 5.10 Å². The summed E-state index contributed by atoms with van der Waals surface area (Å²) in [5, 5.41) is 4.31. The van der Waals surface area contributed by atoms with Gasteiger partial charge in [0.15, 0.2) is 18.1 Å². The number of ether oxygens (including phenoxy) is 3. The smallest absolute Gasteiger partial charge is 0.277 e. The predicted octanol–water partition coefficient (Wildman–Crippen LogP) is 3.36. The van der Waals surface area contributed by atoms with Gasteiger partial charge < -0.3 is 14.2 Å². The molecule has 1 aliphatic rings. The van der Waals surface area contributed by atoms with Crippen LogP contribution < -0.4 is 19.6 Å². The zero-order valence-electron chi connectivity index (χ0n) is 12.3. The molecule has 0 aliphatic carbocycles. The second-order valence-corrected chi connectivity index (χ2v) is 6.09. The molecule has 3 rings (SSSR count). The van der Waals surface area contributed by atoms with E-state index in [2.05, 4.69) is 26.5 Å². The van der Waals surface area contributed by atoms with Gasteiger partial charge in [-0.15, -0.1) is 0 Å². The van der Waals surface area contributed by atoms with Gasteiger partial charge in [0.05, 0.1) is 11.2 Å². The van der Waals surface area contributed by atoms with E-state index < -0.39 is 0 Å². The van der Waals surface area contributed by atoms with Crippen LogP contribution in [0.25, 0.3) is 0 Å². The van der Waals surface area contributed by atoms with Gasteiger partial charge in [0.2, 0.25) is 6.79 Å². The van der Waals surface area contributed by atoms with Crippen LogP contribution in [0.15, 0.2) is 46.0 Å². The minimum absolute atomic E-state index is 0.150. The largest absolute Gasteiger partial charge is 0.484 e. The molecule has 0 spiro atoms. The Hall–Kier alpha value is -2.25. The van der Waals surface area contributed by atoms with Crippen LogP contribution in [0.2, 0.25) is 5.02 Å². The molecule has 8 heteroatoms. The van der Waals surface area contributed by atoms with E-state index >= 15 is 0 Å². The van der Waals surface area contributed by atoms with Gasteiger partial charge in [0.1, 0.15) is 5.75 Å². The molecule has 0 fully saturated rings. The average molecular weight is 412 g/mol. The van der Waals surface area contributed by atoms with Gasteiger partial charge in [-0.2, -0.15) is 5.10 Å². The fraction of sp³-hybridized carbons (Fsp3) is 0.125. The molecule has 1 aliphatic heterocycles. The number of hydrogen-bond acceptors (Lipinski definition) is 5. The van der Waals surface area contributed by atoms with E-state index in [9.17, 15) is 4.79 Å². The standard InChI is InChI=1S/C16H12BrClN2O4/c17-11-2-1-3-12(5-11)22-8-16(21)20-19-7-10-4-14-15(6-13(10)18)24-9-23-14/h1-7H,8-9H2,(H,20,21)/b19-7+. The molecule has 0 aromatic heterocycles. The molecular formula is C16H12BrClN2O4. The van der Waals surface area contributed by atoms with Crippen molar-refractivity contribution in [2.75, 3.05) is 13.4 Å². The highest BCUT2D eigenvalue weighted by Crippen LogP contribution is 2.36. The first-order chi connectivity index (χ1) is 11.6. The highest BCUT2D eigenvalue weighted by Gasteiger charge is 2.15. The monoisotopic (exact) mass is 410 g/mol. The molecular weight excluding hydrogens is 400 g/mol. The van der Waals surface area contributed by atoms with Gasteiger partial charge in [-0.25, -0.2) is 5.43 Å². The van der Waals surface area contributed by atoms with Crippen molar-refractivity contribution in [3.05, 3.63) is 51.5 Å². The highest BCUT2D eigenvalue weighted by molar-refractivity contribution is 9.10. The first-order valence-electron chi connectivity index (χ1n) is 6.91. The van der Waals surface area contributed by atoms with Crippen LogP contribution in [-0.4, -0.2) is 25.5 Å². The molecule has 0 atom stereocenters. The molecule has 2 aromatic carbocycles. The fourth-order valence-electron chi connectivity index (χ4n) is 1.94. The summed E-state index contributed by atoms with van der Waals surface area (Å²) in [6.45, 7) is 0.0125. The number of nitrogens with one attached hydrogen (secondary N) is 1. The summed E-state index contributed by atoms with van der Waals surface area (Å²) in [6.07, 6.45) is 1.43. The number of nitrogens with zero attached hydrogens (tertiary/aromatic N) is 1. The third-order valence-electron chi connectivity index (χ3n) is 3.05. The summed E-state index contributed by atoms with van der Waals surface area (Å²) in [6, 6.07) is 10.5. The van der Waals surface area contributed by atoms with Gasteiger partial charge in [0.25, 0.3) is 5.91 Å². The lowest BCUT2D eigenvalue weighted by molar-refractivity contribution is -0.123. The van der Waals surface area contributed by atoms with Crippen LogP contribution in [0, 0.1) is 0 Å². The van der Waals surface area contributed by atoms with Crippen LogP contribution in [0.1, 0.15) is 5.56 Å². The molecule has 0 saturated heterocycles. The number of hydrogen-bond donors (Lipinski definition) is 1. The highest BCUT2D eigenvalue weighted by atomic mass is 79.9. The van der Waals surface area contributed by atoms with Crippen molar-refractivity contribution in [2.45, 2.75) is 0 Å². The summed E-state index contributed by atoms with van der Waals surface area (Å²) in [4.78, 5) is 11.7. The first kappa shape index (κ1) is 16.6. The Morgan fingerprint density at radius 1 is 1.33 bits per heavy atom. The van der Waals surface area contributed by atoms with Gasteiger partial charge >= 0.3 is 0 Å². The minimum Gasteiger partial charge on any atom is -0.484 e. The normalized spacial score (nSPS) is 12.4. The molecule has 0 bridgehead atoms. The number of rotatable bonds is 5. The van der Waals surface area contributed by atoms with Crippen LogP contribution in [0.5, 0.6) is 17.2 Å². The zero-order valence-corrected chi connectivity index (χ0v) is 14.6. The van der Waals surface area contributed by atoms with Crippen LogP contribution in [0.3, 0.4) is 0 Å². The summed E-state index contributed by atoms with van der Waals surface area (Å²) >= 11 is 9.44. The van der Waals surface area contributed by atoms with Gasteiger partial charge in [-0.3, -0.25) is 4.79 Å². The second-order valence-electron chi connectivity index (χ2n) is 4.77. The van der Waals surface area contributed by atoms with Gasteiger partial charge in [-0.05, 0) is 24.3 Å². The SMILES string of the molecule is O=C(COc1cccc(Br)c1)N/N=C/c1cc2c(cc1Cl)OCO2. The van der Waals surface area contributed by atoms with E-state index in [0.29, 0.717) is 27.8 Å². The molecule has 1 heterocycles. The van der Waals surface area contributed by atoms with Crippen molar-refractivity contribution < 1.29 is 19.0 Å². The number of halogens is 2.